The average Bonchev–Trinajstić information content (AvgIpc) is 0.793. The van der Waals surface area contributed by atoms with Crippen LogP contribution in [0.5, 0.6) is 11.5 Å². The molecule has 0 saturated carbocycles. The number of ether oxygens (including phenoxy) is 6. The molecule has 0 aromatic heterocycles. The van der Waals surface area contributed by atoms with E-state index in [1.165, 1.54) is 0 Å². The second-order valence-corrected chi connectivity index (χ2v) is 28.9. The van der Waals surface area contributed by atoms with Crippen molar-refractivity contribution in [1.29, 1.82) is 0 Å². The predicted octanol–water partition coefficient (Wildman–Crippen LogP) is 14.2. The van der Waals surface area contributed by atoms with E-state index in [-0.39, 0.29) is 86.9 Å². The zero-order valence-electron chi connectivity index (χ0n) is 59.6. The second kappa shape index (κ2) is 40.7. The summed E-state index contributed by atoms with van der Waals surface area (Å²) in [6, 6.07) is 6.68. The van der Waals surface area contributed by atoms with Crippen molar-refractivity contribution >= 4 is 48.4 Å². The summed E-state index contributed by atoms with van der Waals surface area (Å²) in [5.74, 6) is -0.864. The van der Waals surface area contributed by atoms with E-state index in [9.17, 15) is 48.6 Å². The molecule has 1 atom stereocenters. The highest BCUT2D eigenvalue weighted by Gasteiger charge is 2.30. The lowest BCUT2D eigenvalue weighted by molar-refractivity contribution is -0.139. The number of hydrogen-bond acceptors (Lipinski definition) is 16. The number of phenols is 2. The number of urea groups is 2. The number of phenolic OH excluding ortho intramolecular Hbond substituents is 2. The van der Waals surface area contributed by atoms with Gasteiger partial charge in [0.25, 0.3) is 0 Å². The number of benzene rings is 2. The quantitative estimate of drug-likeness (QED) is 0.0158. The van der Waals surface area contributed by atoms with Gasteiger partial charge in [0, 0.05) is 63.3 Å². The van der Waals surface area contributed by atoms with E-state index < -0.39 is 53.9 Å². The number of carbonyl (C=O) groups is 8. The zero-order chi connectivity index (χ0) is 70.9. The molecule has 22 nitrogen and oxygen atoms in total. The molecule has 530 valence electrons. The summed E-state index contributed by atoms with van der Waals surface area (Å²) in [5.41, 5.74) is 3.72. The Hall–Kier alpha value is -7.52. The van der Waals surface area contributed by atoms with Crippen LogP contribution in [0.15, 0.2) is 49.6 Å². The first-order valence-corrected chi connectivity index (χ1v) is 33.5. The number of imide groups is 2. The van der Waals surface area contributed by atoms with E-state index in [1.807, 2.05) is 86.6 Å². The van der Waals surface area contributed by atoms with Crippen molar-refractivity contribution in [3.05, 3.63) is 83.0 Å². The molecule has 6 N–H and O–H groups in total. The molecule has 0 fully saturated rings. The lowest BCUT2D eigenvalue weighted by Crippen LogP contribution is -2.46. The van der Waals surface area contributed by atoms with Crippen molar-refractivity contribution in [3.8, 4) is 11.5 Å². The second-order valence-electron chi connectivity index (χ2n) is 28.9. The van der Waals surface area contributed by atoms with Crippen LogP contribution in [-0.2, 0) is 72.5 Å². The fraction of sp³-hybridized carbons (Fsp3) is 0.667. The van der Waals surface area contributed by atoms with Crippen molar-refractivity contribution in [1.82, 2.24) is 31.1 Å². The highest BCUT2D eigenvalue weighted by molar-refractivity contribution is 5.91. The number of hydrogen-bond donors (Lipinski definition) is 6. The van der Waals surface area contributed by atoms with Crippen LogP contribution in [0.1, 0.15) is 227 Å². The Balaban J connectivity index is 1.83. The Morgan fingerprint density at radius 3 is 1.24 bits per heavy atom. The molecule has 94 heavy (non-hydrogen) atoms. The van der Waals surface area contributed by atoms with Crippen molar-refractivity contribution < 1.29 is 77.0 Å². The Morgan fingerprint density at radius 2 is 0.819 bits per heavy atom. The number of alkyl carbamates (subject to hydrolysis) is 2. The molecule has 0 spiro atoms. The summed E-state index contributed by atoms with van der Waals surface area (Å²) in [4.78, 5) is 104. The van der Waals surface area contributed by atoms with Gasteiger partial charge in [-0.05, 0) is 113 Å². The van der Waals surface area contributed by atoms with Crippen LogP contribution < -0.4 is 21.3 Å². The van der Waals surface area contributed by atoms with Gasteiger partial charge in [0.2, 0.25) is 0 Å². The average molecular weight is 1320 g/mol. The first-order chi connectivity index (χ1) is 43.9. The predicted molar refractivity (Wildman–Crippen MR) is 365 cm³/mol. The highest BCUT2D eigenvalue weighted by atomic mass is 16.6. The van der Waals surface area contributed by atoms with Gasteiger partial charge >= 0.3 is 48.4 Å². The number of unbranched alkanes of at least 4 members (excludes halogenated alkanes) is 9. The third-order valence-electron chi connectivity index (χ3n) is 15.6. The first-order valence-electron chi connectivity index (χ1n) is 33.5. The molecular weight excluding hydrogens is 1200 g/mol. The van der Waals surface area contributed by atoms with Crippen LogP contribution >= 0.6 is 0 Å². The maximum absolute atomic E-state index is 13.5. The minimum absolute atomic E-state index is 0.0600. The third-order valence-corrected chi connectivity index (χ3v) is 15.6. The molecule has 22 heteroatoms. The molecule has 2 rings (SSSR count). The maximum Gasteiger partial charge on any atom is 0.418 e. The zero-order valence-corrected chi connectivity index (χ0v) is 59.6. The molecule has 0 aliphatic carbocycles. The minimum atomic E-state index is -0.892. The molecule has 2 aromatic carbocycles. The lowest BCUT2D eigenvalue weighted by atomic mass is 9.78. The number of rotatable bonds is 38. The third kappa shape index (κ3) is 32.6. The van der Waals surface area contributed by atoms with Gasteiger partial charge in [-0.25, -0.2) is 48.2 Å². The molecule has 0 heterocycles. The van der Waals surface area contributed by atoms with Gasteiger partial charge in [-0.2, -0.15) is 0 Å². The molecule has 0 aliphatic heterocycles. The van der Waals surface area contributed by atoms with Gasteiger partial charge in [-0.1, -0.05) is 179 Å². The highest BCUT2D eigenvalue weighted by Crippen LogP contribution is 2.41. The molecule has 1 unspecified atom stereocenters. The fourth-order valence-corrected chi connectivity index (χ4v) is 10.2. The van der Waals surface area contributed by atoms with Gasteiger partial charge in [0.15, 0.2) is 0 Å². The van der Waals surface area contributed by atoms with Crippen LogP contribution in [0.2, 0.25) is 0 Å². The van der Waals surface area contributed by atoms with Crippen LogP contribution in [0.4, 0.5) is 28.8 Å². The van der Waals surface area contributed by atoms with Gasteiger partial charge in [0.05, 0.1) is 13.2 Å². The molecule has 0 saturated heterocycles. The van der Waals surface area contributed by atoms with Gasteiger partial charge in [-0.3, -0.25) is 0 Å². The molecule has 2 aromatic rings. The van der Waals surface area contributed by atoms with Crippen LogP contribution in [0.25, 0.3) is 0 Å². The molecular formula is C72H116N6O16. The number of carbonyl (C=O) groups excluding carboxylic acids is 8. The Kier molecular flexibility index (Phi) is 35.7. The Morgan fingerprint density at radius 1 is 0.457 bits per heavy atom. The summed E-state index contributed by atoms with van der Waals surface area (Å²) >= 11 is 0. The number of aromatic hydroxyl groups is 2. The monoisotopic (exact) mass is 1320 g/mol. The van der Waals surface area contributed by atoms with E-state index in [0.717, 1.165) is 93.9 Å². The molecule has 0 bridgehead atoms. The van der Waals surface area contributed by atoms with Gasteiger partial charge in [0.1, 0.15) is 37.9 Å². The van der Waals surface area contributed by atoms with Crippen LogP contribution in [-0.4, -0.2) is 146 Å². The summed E-state index contributed by atoms with van der Waals surface area (Å²) in [6.07, 6.45) is 9.90. The lowest BCUT2D eigenvalue weighted by Gasteiger charge is -2.28. The number of nitrogens with one attached hydrogen (secondary N) is 4. The Bertz CT molecular complexity index is 2700. The van der Waals surface area contributed by atoms with Crippen LogP contribution in [0, 0.1) is 5.92 Å². The molecule has 0 aliphatic rings. The minimum Gasteiger partial charge on any atom is -0.507 e. The number of amides is 8. The van der Waals surface area contributed by atoms with Crippen molar-refractivity contribution in [2.24, 2.45) is 5.92 Å². The molecule has 0 radical (unpaired) electrons. The Labute approximate surface area is 560 Å². The largest absolute Gasteiger partial charge is 0.507 e. The van der Waals surface area contributed by atoms with E-state index in [0.29, 0.717) is 88.8 Å². The summed E-state index contributed by atoms with van der Waals surface area (Å²) < 4.78 is 31.5. The van der Waals surface area contributed by atoms with Crippen molar-refractivity contribution in [2.45, 2.75) is 234 Å². The fourth-order valence-electron chi connectivity index (χ4n) is 10.2. The van der Waals surface area contributed by atoms with Crippen LogP contribution in [0.3, 0.4) is 0 Å². The van der Waals surface area contributed by atoms with Crippen molar-refractivity contribution in [2.75, 3.05) is 72.4 Å². The number of nitrogens with zero attached hydrogens (tertiary/aromatic N) is 2. The van der Waals surface area contributed by atoms with E-state index in [1.54, 1.807) is 0 Å². The summed E-state index contributed by atoms with van der Waals surface area (Å²) in [6.45, 7) is 37.6. The van der Waals surface area contributed by atoms with E-state index >= 15 is 0 Å². The van der Waals surface area contributed by atoms with E-state index in [4.69, 9.17) is 28.4 Å². The molecule has 8 amide bonds. The van der Waals surface area contributed by atoms with Gasteiger partial charge < -0.3 is 59.9 Å². The number of esters is 2. The smallest absolute Gasteiger partial charge is 0.418 e. The van der Waals surface area contributed by atoms with E-state index in [2.05, 4.69) is 76.0 Å². The van der Waals surface area contributed by atoms with Crippen molar-refractivity contribution in [3.63, 3.8) is 0 Å². The SMILES string of the molecule is C=CC(=O)OCCOC(=O)N(CCCCCCNC(=O)OCCc1cc(C(C)(C)C)c(O)c(C(C)(C)C)c1)C(=O)NCCCCCCC(C)CN(C(=O)NCCCCCCC(C)(C)NC(=O)OCCc1cc(C(C)(C)C)c(O)c(C(C)(C)C)c1)C(=O)OCCOC(=O)C=C. The summed E-state index contributed by atoms with van der Waals surface area (Å²) in [5, 5.41) is 33.5. The maximum atomic E-state index is 13.5. The van der Waals surface area contributed by atoms with Gasteiger partial charge in [-0.15, -0.1) is 0 Å². The topological polar surface area (TPSA) is 287 Å². The first kappa shape index (κ1) is 82.6. The summed E-state index contributed by atoms with van der Waals surface area (Å²) in [7, 11) is 0. The normalized spacial score (nSPS) is 12.1. The standard InChI is InChI=1S/C72H116N6O16/c1-18-58(79)89-42-44-93-66(87)77(39-31-25-24-30-38-75-64(85)91-40-33-52-46-54(68(4,5)6)60(81)55(47-52)69(7,8)9)62(83)73-36-28-22-20-26-32-51(3)50-78(67(88)94-45-43-90-59(80)19-2)63(84)74-37-29-23-21-27-35-72(16,17)76-65(86)92-41-34-53-48-56(70(10,11)12)61(82)57(49-53)71(13,14)15/h18-19,46-49,51,81-82H,1-2,20-45,50H2,3-17H3,(H,73,83)(H,74,84)(H,75,85)(H,76,86).